The average molecular weight is 442 g/mol. The molecule has 5 heteroatoms. The number of ether oxygens (including phenoxy) is 1. The number of nitrogens with zero attached hydrogens (tertiary/aromatic N) is 1. The molecule has 0 radical (unpaired) electrons. The molecule has 3 aromatic rings. The van der Waals surface area contributed by atoms with Gasteiger partial charge in [-0.3, -0.25) is 9.59 Å². The van der Waals surface area contributed by atoms with Crippen LogP contribution < -0.4 is 4.74 Å². The number of hydrogen-bond donors (Lipinski definition) is 1. The predicted molar refractivity (Wildman–Crippen MR) is 128 cm³/mol. The largest absolute Gasteiger partial charge is 0.507 e. The van der Waals surface area contributed by atoms with Crippen molar-refractivity contribution in [3.63, 3.8) is 0 Å². The van der Waals surface area contributed by atoms with E-state index >= 15 is 0 Å². The van der Waals surface area contributed by atoms with Crippen LogP contribution in [-0.4, -0.2) is 34.8 Å². The lowest BCUT2D eigenvalue weighted by atomic mass is 9.95. The number of Topliss-reactive ketones (excluding diaryl/α,β-unsaturated/α-hetero) is 1. The zero-order valence-electron chi connectivity index (χ0n) is 18.6. The van der Waals surface area contributed by atoms with Gasteiger partial charge in [-0.2, -0.15) is 0 Å². The van der Waals surface area contributed by atoms with Gasteiger partial charge in [0.25, 0.3) is 11.7 Å². The second-order valence-electron chi connectivity index (χ2n) is 8.02. The first kappa shape index (κ1) is 22.3. The van der Waals surface area contributed by atoms with Crippen molar-refractivity contribution >= 4 is 17.4 Å². The third-order valence-electron chi connectivity index (χ3n) is 5.72. The van der Waals surface area contributed by atoms with E-state index in [4.69, 9.17) is 4.74 Å². The first-order valence-corrected chi connectivity index (χ1v) is 11.2. The Morgan fingerprint density at radius 3 is 2.33 bits per heavy atom. The molecule has 1 heterocycles. The number of benzene rings is 3. The minimum Gasteiger partial charge on any atom is -0.507 e. The normalized spacial score (nSPS) is 17.4. The van der Waals surface area contributed by atoms with Gasteiger partial charge in [-0.15, -0.1) is 0 Å². The van der Waals surface area contributed by atoms with Gasteiger partial charge in [-0.25, -0.2) is 0 Å². The molecule has 1 aliphatic rings. The Bertz CT molecular complexity index is 1150. The second-order valence-corrected chi connectivity index (χ2v) is 8.02. The molecule has 1 aliphatic heterocycles. The summed E-state index contributed by atoms with van der Waals surface area (Å²) in [6.45, 7) is 2.93. The van der Waals surface area contributed by atoms with E-state index in [1.807, 2.05) is 67.6 Å². The number of hydrogen-bond acceptors (Lipinski definition) is 4. The summed E-state index contributed by atoms with van der Waals surface area (Å²) in [4.78, 5) is 27.8. The molecule has 1 saturated heterocycles. The van der Waals surface area contributed by atoms with Gasteiger partial charge >= 0.3 is 0 Å². The first-order chi connectivity index (χ1) is 16.1. The SMILES string of the molecule is CCCOc1cccc(/C(O)=C2\C(=O)C(=O)N(CCc3ccccc3)C2c2ccccc2)c1. The van der Waals surface area contributed by atoms with E-state index in [9.17, 15) is 14.7 Å². The molecular weight excluding hydrogens is 414 g/mol. The van der Waals surface area contributed by atoms with Crippen LogP contribution in [0.4, 0.5) is 0 Å². The summed E-state index contributed by atoms with van der Waals surface area (Å²) in [5.41, 5.74) is 2.41. The van der Waals surface area contributed by atoms with Gasteiger partial charge in [0.1, 0.15) is 11.5 Å². The minimum atomic E-state index is -0.672. The Labute approximate surface area is 193 Å². The van der Waals surface area contributed by atoms with Crippen molar-refractivity contribution in [2.75, 3.05) is 13.2 Å². The van der Waals surface area contributed by atoms with Crippen LogP contribution in [0.15, 0.2) is 90.5 Å². The van der Waals surface area contributed by atoms with E-state index in [2.05, 4.69) is 0 Å². The van der Waals surface area contributed by atoms with Crippen molar-refractivity contribution in [1.29, 1.82) is 0 Å². The molecule has 33 heavy (non-hydrogen) atoms. The maximum Gasteiger partial charge on any atom is 0.295 e. The number of amides is 1. The van der Waals surface area contributed by atoms with E-state index in [-0.39, 0.29) is 11.3 Å². The molecular formula is C28H27NO4. The molecule has 1 unspecified atom stereocenters. The zero-order chi connectivity index (χ0) is 23.2. The van der Waals surface area contributed by atoms with Gasteiger partial charge in [-0.05, 0) is 36.1 Å². The van der Waals surface area contributed by atoms with E-state index in [0.29, 0.717) is 30.9 Å². The number of carbonyl (C=O) groups is 2. The van der Waals surface area contributed by atoms with Crippen molar-refractivity contribution < 1.29 is 19.4 Å². The lowest BCUT2D eigenvalue weighted by Gasteiger charge is -2.25. The standard InChI is InChI=1S/C28H27NO4/c1-2-18-33-23-15-9-14-22(19-23)26(30)24-25(21-12-7-4-8-13-21)29(28(32)27(24)31)17-16-20-10-5-3-6-11-20/h3-15,19,25,30H,2,16-18H2,1H3/b26-24+. The highest BCUT2D eigenvalue weighted by atomic mass is 16.5. The first-order valence-electron chi connectivity index (χ1n) is 11.2. The van der Waals surface area contributed by atoms with Crippen molar-refractivity contribution in [2.45, 2.75) is 25.8 Å². The third-order valence-corrected chi connectivity index (χ3v) is 5.72. The molecule has 1 amide bonds. The van der Waals surface area contributed by atoms with E-state index < -0.39 is 17.7 Å². The summed E-state index contributed by atoms with van der Waals surface area (Å²) in [6.07, 6.45) is 1.47. The number of rotatable bonds is 8. The molecule has 0 saturated carbocycles. The average Bonchev–Trinajstić information content (AvgIpc) is 3.12. The molecule has 1 atom stereocenters. The summed E-state index contributed by atoms with van der Waals surface area (Å²) < 4.78 is 5.68. The molecule has 0 aliphatic carbocycles. The van der Waals surface area contributed by atoms with Crippen LogP contribution >= 0.6 is 0 Å². The van der Waals surface area contributed by atoms with E-state index in [0.717, 1.165) is 17.5 Å². The topological polar surface area (TPSA) is 66.8 Å². The fraction of sp³-hybridized carbons (Fsp3) is 0.214. The Hall–Kier alpha value is -3.86. The quantitative estimate of drug-likeness (QED) is 0.299. The molecule has 3 aromatic carbocycles. The summed E-state index contributed by atoms with van der Waals surface area (Å²) in [5.74, 6) is -0.851. The van der Waals surface area contributed by atoms with Crippen LogP contribution in [0.25, 0.3) is 5.76 Å². The Kier molecular flexibility index (Phi) is 6.89. The fourth-order valence-corrected chi connectivity index (χ4v) is 4.10. The monoisotopic (exact) mass is 441 g/mol. The summed E-state index contributed by atoms with van der Waals surface area (Å²) in [7, 11) is 0. The lowest BCUT2D eigenvalue weighted by molar-refractivity contribution is -0.139. The number of aliphatic hydroxyl groups excluding tert-OH is 1. The van der Waals surface area contributed by atoms with Gasteiger partial charge in [-0.1, -0.05) is 79.7 Å². The Morgan fingerprint density at radius 1 is 0.939 bits per heavy atom. The van der Waals surface area contributed by atoms with Crippen molar-refractivity contribution in [2.24, 2.45) is 0 Å². The van der Waals surface area contributed by atoms with Crippen LogP contribution in [-0.2, 0) is 16.0 Å². The van der Waals surface area contributed by atoms with E-state index in [1.165, 1.54) is 0 Å². The summed E-state index contributed by atoms with van der Waals surface area (Å²) in [6, 6.07) is 25.5. The number of aliphatic hydroxyl groups is 1. The number of ketones is 1. The fourth-order valence-electron chi connectivity index (χ4n) is 4.10. The Morgan fingerprint density at radius 2 is 1.64 bits per heavy atom. The highest BCUT2D eigenvalue weighted by Crippen LogP contribution is 2.39. The highest BCUT2D eigenvalue weighted by molar-refractivity contribution is 6.46. The number of likely N-dealkylation sites (tertiary alicyclic amines) is 1. The number of carbonyl (C=O) groups excluding carboxylic acids is 2. The van der Waals surface area contributed by atoms with Crippen LogP contribution in [0, 0.1) is 0 Å². The van der Waals surface area contributed by atoms with Crippen LogP contribution in [0.3, 0.4) is 0 Å². The highest BCUT2D eigenvalue weighted by Gasteiger charge is 2.45. The second kappa shape index (κ2) is 10.2. The van der Waals surface area contributed by atoms with Crippen molar-refractivity contribution in [3.05, 3.63) is 107 Å². The third kappa shape index (κ3) is 4.82. The van der Waals surface area contributed by atoms with E-state index in [1.54, 1.807) is 29.2 Å². The maximum atomic E-state index is 13.1. The van der Waals surface area contributed by atoms with Gasteiger partial charge < -0.3 is 14.7 Å². The molecule has 0 bridgehead atoms. The maximum absolute atomic E-state index is 13.1. The molecule has 0 aromatic heterocycles. The molecule has 168 valence electrons. The van der Waals surface area contributed by atoms with Gasteiger partial charge in [0.05, 0.1) is 18.2 Å². The van der Waals surface area contributed by atoms with Crippen LogP contribution in [0.2, 0.25) is 0 Å². The molecule has 1 N–H and O–H groups in total. The predicted octanol–water partition coefficient (Wildman–Crippen LogP) is 5.14. The summed E-state index contributed by atoms with van der Waals surface area (Å²) in [5, 5.41) is 11.2. The summed E-state index contributed by atoms with van der Waals surface area (Å²) >= 11 is 0. The lowest BCUT2D eigenvalue weighted by Crippen LogP contribution is -2.31. The van der Waals surface area contributed by atoms with Crippen LogP contribution in [0.5, 0.6) is 5.75 Å². The molecule has 4 rings (SSSR count). The molecule has 1 fully saturated rings. The van der Waals surface area contributed by atoms with Crippen molar-refractivity contribution in [3.8, 4) is 5.75 Å². The van der Waals surface area contributed by atoms with Gasteiger partial charge in [0.2, 0.25) is 0 Å². The molecule has 5 nitrogen and oxygen atoms in total. The molecule has 0 spiro atoms. The smallest absolute Gasteiger partial charge is 0.295 e. The van der Waals surface area contributed by atoms with Gasteiger partial charge in [0, 0.05) is 12.1 Å². The Balaban J connectivity index is 1.74. The van der Waals surface area contributed by atoms with Crippen LogP contribution in [0.1, 0.15) is 36.1 Å². The van der Waals surface area contributed by atoms with Crippen molar-refractivity contribution in [1.82, 2.24) is 4.90 Å². The zero-order valence-corrected chi connectivity index (χ0v) is 18.6. The van der Waals surface area contributed by atoms with Gasteiger partial charge in [0.15, 0.2) is 0 Å². The minimum absolute atomic E-state index is 0.104.